The van der Waals surface area contributed by atoms with E-state index in [2.05, 4.69) is 17.9 Å². The standard InChI is InChI=1S/C25H32N2O5S/c1-17-5-7-18(8-6-17)23(29)27(16-21(28)26-11-13-32-14-12-26)20-15-19(9-10-25(2,3)4)33-22(20)24(30)31/h5,15,18H,6-8,11-14,16H2,1-4H3,(H,30,31). The molecule has 8 heteroatoms. The average Bonchev–Trinajstić information content (AvgIpc) is 3.20. The molecule has 1 fully saturated rings. The Balaban J connectivity index is 1.97. The lowest BCUT2D eigenvalue weighted by Crippen LogP contribution is -2.48. The highest BCUT2D eigenvalue weighted by Gasteiger charge is 2.33. The molecule has 0 saturated carbocycles. The molecular formula is C25H32N2O5S. The molecule has 2 amide bonds. The van der Waals surface area contributed by atoms with Gasteiger partial charge in [-0.15, -0.1) is 11.3 Å². The van der Waals surface area contributed by atoms with Crippen LogP contribution in [0.4, 0.5) is 5.69 Å². The van der Waals surface area contributed by atoms with Crippen LogP contribution in [-0.2, 0) is 14.3 Å². The summed E-state index contributed by atoms with van der Waals surface area (Å²) in [6.45, 7) is 9.61. The normalized spacial score (nSPS) is 18.7. The number of ether oxygens (including phenoxy) is 1. The number of hydrogen-bond donors (Lipinski definition) is 1. The van der Waals surface area contributed by atoms with Crippen LogP contribution in [0.3, 0.4) is 0 Å². The van der Waals surface area contributed by atoms with Gasteiger partial charge in [0.1, 0.15) is 11.4 Å². The van der Waals surface area contributed by atoms with E-state index in [1.54, 1.807) is 11.0 Å². The molecule has 1 aliphatic heterocycles. The Morgan fingerprint density at radius 3 is 2.55 bits per heavy atom. The van der Waals surface area contributed by atoms with E-state index in [0.717, 1.165) is 17.8 Å². The molecule has 1 atom stereocenters. The van der Waals surface area contributed by atoms with Crippen molar-refractivity contribution in [1.29, 1.82) is 0 Å². The van der Waals surface area contributed by atoms with Gasteiger partial charge in [0.25, 0.3) is 0 Å². The topological polar surface area (TPSA) is 87.2 Å². The number of aromatic carboxylic acids is 1. The molecule has 2 heterocycles. The van der Waals surface area contributed by atoms with Crippen LogP contribution >= 0.6 is 11.3 Å². The SMILES string of the molecule is CC1=CCC(C(=O)N(CC(=O)N2CCOCC2)c2cc(C#CC(C)(C)C)sc2C(=O)O)CC1. The van der Waals surface area contributed by atoms with E-state index in [-0.39, 0.29) is 40.3 Å². The molecule has 1 aliphatic carbocycles. The van der Waals surface area contributed by atoms with Gasteiger partial charge in [-0.2, -0.15) is 0 Å². The van der Waals surface area contributed by atoms with Crippen molar-refractivity contribution in [3.05, 3.63) is 27.5 Å². The first-order valence-electron chi connectivity index (χ1n) is 11.3. The minimum atomic E-state index is -1.13. The third-order valence-corrected chi connectivity index (χ3v) is 6.70. The molecule has 1 aromatic heterocycles. The average molecular weight is 473 g/mol. The number of carboxylic acids is 1. The van der Waals surface area contributed by atoms with Gasteiger partial charge in [0.2, 0.25) is 11.8 Å². The summed E-state index contributed by atoms with van der Waals surface area (Å²) in [6, 6.07) is 1.64. The zero-order chi connectivity index (χ0) is 24.2. The van der Waals surface area contributed by atoms with Crippen molar-refractivity contribution in [2.24, 2.45) is 11.3 Å². The number of morpholine rings is 1. The number of rotatable bonds is 5. The summed E-state index contributed by atoms with van der Waals surface area (Å²) in [7, 11) is 0. The summed E-state index contributed by atoms with van der Waals surface area (Å²) < 4.78 is 5.33. The molecule has 1 saturated heterocycles. The summed E-state index contributed by atoms with van der Waals surface area (Å²) in [5.41, 5.74) is 1.25. The Morgan fingerprint density at radius 2 is 1.97 bits per heavy atom. The molecule has 3 rings (SSSR count). The molecule has 0 aromatic carbocycles. The molecule has 0 bridgehead atoms. The largest absolute Gasteiger partial charge is 0.477 e. The van der Waals surface area contributed by atoms with E-state index in [0.29, 0.717) is 44.0 Å². The first-order valence-corrected chi connectivity index (χ1v) is 12.1. The highest BCUT2D eigenvalue weighted by molar-refractivity contribution is 7.15. The molecule has 7 nitrogen and oxygen atoms in total. The molecule has 2 aliphatic rings. The van der Waals surface area contributed by atoms with Crippen molar-refractivity contribution in [2.75, 3.05) is 37.7 Å². The summed E-state index contributed by atoms with van der Waals surface area (Å²) >= 11 is 1.04. The van der Waals surface area contributed by atoms with Gasteiger partial charge in [0.05, 0.1) is 23.8 Å². The highest BCUT2D eigenvalue weighted by Crippen LogP contribution is 2.34. The van der Waals surface area contributed by atoms with Crippen molar-refractivity contribution in [2.45, 2.75) is 47.0 Å². The zero-order valence-corrected chi connectivity index (χ0v) is 20.6. The van der Waals surface area contributed by atoms with E-state index in [1.165, 1.54) is 10.5 Å². The lowest BCUT2D eigenvalue weighted by molar-refractivity contribution is -0.135. The highest BCUT2D eigenvalue weighted by atomic mass is 32.1. The Bertz CT molecular complexity index is 1000. The number of allylic oxidation sites excluding steroid dienone is 2. The summed E-state index contributed by atoms with van der Waals surface area (Å²) in [6.07, 6.45) is 4.15. The summed E-state index contributed by atoms with van der Waals surface area (Å²) in [5.74, 6) is 4.32. The van der Waals surface area contributed by atoms with Crippen LogP contribution in [0.2, 0.25) is 0 Å². The maximum absolute atomic E-state index is 13.6. The van der Waals surface area contributed by atoms with Crippen LogP contribution in [0.1, 0.15) is 61.5 Å². The third kappa shape index (κ3) is 6.68. The van der Waals surface area contributed by atoms with Crippen molar-refractivity contribution < 1.29 is 24.2 Å². The minimum Gasteiger partial charge on any atom is -0.477 e. The molecule has 33 heavy (non-hydrogen) atoms. The predicted octanol–water partition coefficient (Wildman–Crippen LogP) is 3.78. The second kappa shape index (κ2) is 10.5. The molecule has 0 radical (unpaired) electrons. The van der Waals surface area contributed by atoms with Crippen molar-refractivity contribution in [1.82, 2.24) is 4.90 Å². The van der Waals surface area contributed by atoms with Gasteiger partial charge in [-0.1, -0.05) is 23.5 Å². The van der Waals surface area contributed by atoms with Gasteiger partial charge in [0.15, 0.2) is 0 Å². The van der Waals surface area contributed by atoms with Gasteiger partial charge < -0.3 is 19.6 Å². The minimum absolute atomic E-state index is 0.0267. The lowest BCUT2D eigenvalue weighted by atomic mass is 9.89. The lowest BCUT2D eigenvalue weighted by Gasteiger charge is -2.32. The fourth-order valence-corrected chi connectivity index (χ4v) is 4.64. The number of hydrogen-bond acceptors (Lipinski definition) is 5. The van der Waals surface area contributed by atoms with Gasteiger partial charge in [0, 0.05) is 24.4 Å². The maximum Gasteiger partial charge on any atom is 0.348 e. The number of carbonyl (C=O) groups excluding carboxylic acids is 2. The number of nitrogens with zero attached hydrogens (tertiary/aromatic N) is 2. The van der Waals surface area contributed by atoms with E-state index in [4.69, 9.17) is 4.74 Å². The molecule has 1 aromatic rings. The van der Waals surface area contributed by atoms with Gasteiger partial charge in [-0.25, -0.2) is 4.79 Å². The number of thiophene rings is 1. The number of carboxylic acid groups (broad SMARTS) is 1. The Labute approximate surface area is 199 Å². The molecule has 1 N–H and O–H groups in total. The smallest absolute Gasteiger partial charge is 0.348 e. The molecule has 0 spiro atoms. The second-order valence-corrected chi connectivity index (χ2v) is 10.6. The van der Waals surface area contributed by atoms with Crippen molar-refractivity contribution in [3.63, 3.8) is 0 Å². The van der Waals surface area contributed by atoms with Crippen LogP contribution in [0.15, 0.2) is 17.7 Å². The van der Waals surface area contributed by atoms with Crippen LogP contribution in [0.25, 0.3) is 0 Å². The van der Waals surface area contributed by atoms with Crippen LogP contribution in [-0.4, -0.2) is 60.6 Å². The number of anilines is 1. The summed E-state index contributed by atoms with van der Waals surface area (Å²) in [4.78, 5) is 42.4. The van der Waals surface area contributed by atoms with Crippen LogP contribution in [0.5, 0.6) is 0 Å². The van der Waals surface area contributed by atoms with Gasteiger partial charge in [-0.3, -0.25) is 9.59 Å². The Morgan fingerprint density at radius 1 is 1.27 bits per heavy atom. The molecule has 1 unspecified atom stereocenters. The first-order chi connectivity index (χ1) is 15.5. The Hall–Kier alpha value is -2.63. The van der Waals surface area contributed by atoms with E-state index < -0.39 is 5.97 Å². The maximum atomic E-state index is 13.6. The van der Waals surface area contributed by atoms with E-state index in [9.17, 15) is 19.5 Å². The quantitative estimate of drug-likeness (QED) is 0.521. The second-order valence-electron chi connectivity index (χ2n) is 9.57. The number of amides is 2. The predicted molar refractivity (Wildman–Crippen MR) is 128 cm³/mol. The van der Waals surface area contributed by atoms with Crippen LogP contribution in [0, 0.1) is 23.2 Å². The first kappa shape index (κ1) is 25.0. The van der Waals surface area contributed by atoms with Crippen molar-refractivity contribution in [3.8, 4) is 11.8 Å². The zero-order valence-electron chi connectivity index (χ0n) is 19.8. The van der Waals surface area contributed by atoms with Crippen molar-refractivity contribution >= 4 is 34.8 Å². The van der Waals surface area contributed by atoms with E-state index >= 15 is 0 Å². The summed E-state index contributed by atoms with van der Waals surface area (Å²) in [5, 5.41) is 9.87. The van der Waals surface area contributed by atoms with E-state index in [1.807, 2.05) is 27.7 Å². The molecular weight excluding hydrogens is 440 g/mol. The van der Waals surface area contributed by atoms with Gasteiger partial charge in [-0.05, 0) is 53.0 Å². The van der Waals surface area contributed by atoms with Crippen LogP contribution < -0.4 is 4.90 Å². The Kier molecular flexibility index (Phi) is 7.98. The molecule has 178 valence electrons. The fourth-order valence-electron chi connectivity index (χ4n) is 3.79. The number of carbonyl (C=O) groups is 3. The fraction of sp³-hybridized carbons (Fsp3) is 0.560. The monoisotopic (exact) mass is 472 g/mol. The third-order valence-electron chi connectivity index (χ3n) is 5.67. The van der Waals surface area contributed by atoms with Gasteiger partial charge >= 0.3 is 5.97 Å².